The fourth-order valence-electron chi connectivity index (χ4n) is 1.25. The van der Waals surface area contributed by atoms with Gasteiger partial charge >= 0.3 is 0 Å². The van der Waals surface area contributed by atoms with Gasteiger partial charge in [0.2, 0.25) is 0 Å². The van der Waals surface area contributed by atoms with Gasteiger partial charge < -0.3 is 15.2 Å². The highest BCUT2D eigenvalue weighted by molar-refractivity contribution is 5.49. The van der Waals surface area contributed by atoms with Gasteiger partial charge in [0.25, 0.3) is 0 Å². The Hall–Kier alpha value is -1.66. The minimum Gasteiger partial charge on any atom is -0.493 e. The normalized spacial score (nSPS) is 11.6. The molecule has 0 heterocycles. The summed E-state index contributed by atoms with van der Waals surface area (Å²) in [7, 11) is 3.13. The van der Waals surface area contributed by atoms with Crippen LogP contribution in [0, 0.1) is 12.3 Å². The molecule has 1 unspecified atom stereocenters. The van der Waals surface area contributed by atoms with Crippen LogP contribution in [0.25, 0.3) is 0 Å². The Morgan fingerprint density at radius 1 is 1.36 bits per heavy atom. The molecule has 3 heteroatoms. The third-order valence-electron chi connectivity index (χ3n) is 1.95. The highest BCUT2D eigenvalue weighted by atomic mass is 16.5. The first-order valence-corrected chi connectivity index (χ1v) is 4.17. The summed E-state index contributed by atoms with van der Waals surface area (Å²) in [6.45, 7) is 0. The Morgan fingerprint density at radius 3 is 2.57 bits per heavy atom. The van der Waals surface area contributed by atoms with Crippen molar-refractivity contribution in [1.82, 2.24) is 0 Å². The summed E-state index contributed by atoms with van der Waals surface area (Å²) in [6, 6.07) is 4.98. The maximum atomic E-state index is 5.72. The molecule has 3 nitrogen and oxygen atoms in total. The van der Waals surface area contributed by atoms with Crippen LogP contribution >= 0.6 is 0 Å². The van der Waals surface area contributed by atoms with Gasteiger partial charge in [-0.1, -0.05) is 18.1 Å². The average Bonchev–Trinajstić information content (AvgIpc) is 2.26. The molecule has 14 heavy (non-hydrogen) atoms. The number of nitrogens with two attached hydrogens (primary N) is 1. The average molecular weight is 191 g/mol. The summed E-state index contributed by atoms with van der Waals surface area (Å²) in [5.74, 6) is 3.68. The van der Waals surface area contributed by atoms with Crippen molar-refractivity contribution in [3.05, 3.63) is 23.8 Å². The molecule has 0 saturated heterocycles. The Kier molecular flexibility index (Phi) is 3.38. The van der Waals surface area contributed by atoms with E-state index in [4.69, 9.17) is 21.6 Å². The van der Waals surface area contributed by atoms with Gasteiger partial charge in [0.05, 0.1) is 20.3 Å². The lowest BCUT2D eigenvalue weighted by Gasteiger charge is -2.13. The zero-order valence-corrected chi connectivity index (χ0v) is 8.28. The van der Waals surface area contributed by atoms with Gasteiger partial charge in [-0.25, -0.2) is 0 Å². The number of benzene rings is 1. The molecule has 2 N–H and O–H groups in total. The molecule has 1 atom stereocenters. The number of hydrogen-bond acceptors (Lipinski definition) is 3. The molecule has 0 aliphatic heterocycles. The predicted octanol–water partition coefficient (Wildman–Crippen LogP) is 1.34. The molecule has 74 valence electrons. The molecule has 0 saturated carbocycles. The molecular weight excluding hydrogens is 178 g/mol. The first-order valence-electron chi connectivity index (χ1n) is 4.17. The van der Waals surface area contributed by atoms with Crippen molar-refractivity contribution in [2.75, 3.05) is 14.2 Å². The molecule has 0 aromatic heterocycles. The minimum atomic E-state index is -0.472. The van der Waals surface area contributed by atoms with Crippen LogP contribution in [0.15, 0.2) is 18.2 Å². The van der Waals surface area contributed by atoms with Crippen LogP contribution in [0.1, 0.15) is 11.6 Å². The van der Waals surface area contributed by atoms with Crippen molar-refractivity contribution in [3.63, 3.8) is 0 Å². The maximum absolute atomic E-state index is 5.72. The van der Waals surface area contributed by atoms with Gasteiger partial charge in [-0.15, -0.1) is 6.42 Å². The van der Waals surface area contributed by atoms with E-state index in [1.165, 1.54) is 0 Å². The fourth-order valence-corrected chi connectivity index (χ4v) is 1.25. The highest BCUT2D eigenvalue weighted by Crippen LogP contribution is 2.33. The van der Waals surface area contributed by atoms with Gasteiger partial charge in [-0.05, 0) is 6.07 Å². The topological polar surface area (TPSA) is 44.5 Å². The third-order valence-corrected chi connectivity index (χ3v) is 1.95. The molecule has 0 aliphatic rings. The van der Waals surface area contributed by atoms with E-state index >= 15 is 0 Å². The Morgan fingerprint density at radius 2 is 2.07 bits per heavy atom. The lowest BCUT2D eigenvalue weighted by Crippen LogP contribution is -2.09. The standard InChI is InChI=1S/C11H13NO2/c1-4-9(12)8-6-5-7-10(13-2)11(8)14-3/h1,5-7,9H,12H2,2-3H3. The van der Waals surface area contributed by atoms with E-state index < -0.39 is 6.04 Å². The number of ether oxygens (including phenoxy) is 2. The summed E-state index contributed by atoms with van der Waals surface area (Å²) in [6.07, 6.45) is 5.25. The minimum absolute atomic E-state index is 0.472. The van der Waals surface area contributed by atoms with Crippen LogP contribution < -0.4 is 15.2 Å². The first kappa shape index (κ1) is 10.4. The lowest BCUT2D eigenvalue weighted by molar-refractivity contribution is 0.351. The van der Waals surface area contributed by atoms with Gasteiger partial charge in [0.1, 0.15) is 0 Å². The Bertz CT molecular complexity index is 355. The van der Waals surface area contributed by atoms with Gasteiger partial charge in [-0.2, -0.15) is 0 Å². The highest BCUT2D eigenvalue weighted by Gasteiger charge is 2.13. The zero-order chi connectivity index (χ0) is 10.6. The number of terminal acetylenes is 1. The van der Waals surface area contributed by atoms with Crippen LogP contribution in [-0.4, -0.2) is 14.2 Å². The molecule has 1 aromatic carbocycles. The van der Waals surface area contributed by atoms with Crippen molar-refractivity contribution in [2.45, 2.75) is 6.04 Å². The number of methoxy groups -OCH3 is 2. The van der Waals surface area contributed by atoms with Crippen LogP contribution in [-0.2, 0) is 0 Å². The van der Waals surface area contributed by atoms with E-state index in [-0.39, 0.29) is 0 Å². The SMILES string of the molecule is C#CC(N)c1cccc(OC)c1OC. The molecule has 0 spiro atoms. The van der Waals surface area contributed by atoms with E-state index in [0.717, 1.165) is 5.56 Å². The molecule has 0 fully saturated rings. The summed E-state index contributed by atoms with van der Waals surface area (Å²) >= 11 is 0. The van der Waals surface area contributed by atoms with E-state index in [1.807, 2.05) is 12.1 Å². The smallest absolute Gasteiger partial charge is 0.166 e. The predicted molar refractivity (Wildman–Crippen MR) is 55.3 cm³/mol. The van der Waals surface area contributed by atoms with E-state index in [0.29, 0.717) is 11.5 Å². The maximum Gasteiger partial charge on any atom is 0.166 e. The van der Waals surface area contributed by atoms with E-state index in [1.54, 1.807) is 20.3 Å². The largest absolute Gasteiger partial charge is 0.493 e. The summed E-state index contributed by atoms with van der Waals surface area (Å²) in [5, 5.41) is 0. The molecule has 0 bridgehead atoms. The van der Waals surface area contributed by atoms with Crippen molar-refractivity contribution >= 4 is 0 Å². The van der Waals surface area contributed by atoms with Crippen molar-refractivity contribution in [2.24, 2.45) is 5.73 Å². The third kappa shape index (κ3) is 1.81. The van der Waals surface area contributed by atoms with Crippen molar-refractivity contribution < 1.29 is 9.47 Å². The fraction of sp³-hybridized carbons (Fsp3) is 0.273. The summed E-state index contributed by atoms with van der Waals surface area (Å²) in [4.78, 5) is 0. The van der Waals surface area contributed by atoms with Gasteiger partial charge in [-0.3, -0.25) is 0 Å². The second kappa shape index (κ2) is 4.54. The molecule has 1 rings (SSSR count). The second-order valence-corrected chi connectivity index (χ2v) is 2.73. The Labute approximate surface area is 83.8 Å². The monoisotopic (exact) mass is 191 g/mol. The summed E-state index contributed by atoms with van der Waals surface area (Å²) in [5.41, 5.74) is 6.48. The summed E-state index contributed by atoms with van der Waals surface area (Å²) < 4.78 is 10.3. The molecule has 1 aromatic rings. The molecular formula is C11H13NO2. The van der Waals surface area contributed by atoms with E-state index in [9.17, 15) is 0 Å². The lowest BCUT2D eigenvalue weighted by atomic mass is 10.1. The van der Waals surface area contributed by atoms with Crippen LogP contribution in [0.3, 0.4) is 0 Å². The van der Waals surface area contributed by atoms with Crippen molar-refractivity contribution in [3.8, 4) is 23.8 Å². The first-order chi connectivity index (χ1) is 6.74. The number of para-hydroxylation sites is 1. The molecule has 0 radical (unpaired) electrons. The van der Waals surface area contributed by atoms with E-state index in [2.05, 4.69) is 5.92 Å². The molecule has 0 amide bonds. The zero-order valence-electron chi connectivity index (χ0n) is 8.28. The van der Waals surface area contributed by atoms with Gasteiger partial charge in [0.15, 0.2) is 11.5 Å². The van der Waals surface area contributed by atoms with Gasteiger partial charge in [0, 0.05) is 5.56 Å². The Balaban J connectivity index is 3.23. The van der Waals surface area contributed by atoms with Crippen LogP contribution in [0.5, 0.6) is 11.5 Å². The van der Waals surface area contributed by atoms with Crippen molar-refractivity contribution in [1.29, 1.82) is 0 Å². The number of rotatable bonds is 3. The second-order valence-electron chi connectivity index (χ2n) is 2.73. The van der Waals surface area contributed by atoms with Crippen LogP contribution in [0.2, 0.25) is 0 Å². The van der Waals surface area contributed by atoms with Crippen LogP contribution in [0.4, 0.5) is 0 Å². The number of hydrogen-bond donors (Lipinski definition) is 1. The molecule has 0 aliphatic carbocycles. The quantitative estimate of drug-likeness (QED) is 0.733.